The molecule has 17 heavy (non-hydrogen) atoms. The molecule has 1 unspecified atom stereocenters. The van der Waals surface area contributed by atoms with Crippen LogP contribution in [0.25, 0.3) is 0 Å². The fraction of sp³-hybridized carbons (Fsp3) is 0.231. The third-order valence-corrected chi connectivity index (χ3v) is 2.61. The van der Waals surface area contributed by atoms with Crippen LogP contribution in [0.3, 0.4) is 0 Å². The highest BCUT2D eigenvalue weighted by Gasteiger charge is 2.26. The van der Waals surface area contributed by atoms with Crippen LogP contribution >= 0.6 is 0 Å². The maximum Gasteiger partial charge on any atom is 0.246 e. The number of anilines is 1. The van der Waals surface area contributed by atoms with Crippen molar-refractivity contribution in [2.75, 3.05) is 5.32 Å². The molecule has 2 N–H and O–H groups in total. The van der Waals surface area contributed by atoms with E-state index in [1.165, 1.54) is 0 Å². The summed E-state index contributed by atoms with van der Waals surface area (Å²) in [4.78, 5) is 22.8. The summed E-state index contributed by atoms with van der Waals surface area (Å²) in [5, 5.41) is 5.34. The van der Waals surface area contributed by atoms with Gasteiger partial charge in [0.2, 0.25) is 11.8 Å². The quantitative estimate of drug-likeness (QED) is 0.738. The van der Waals surface area contributed by atoms with E-state index in [1.54, 1.807) is 24.3 Å². The summed E-state index contributed by atoms with van der Waals surface area (Å²) in [7, 11) is 0. The minimum atomic E-state index is -0.433. The fourth-order valence-corrected chi connectivity index (χ4v) is 1.73. The monoisotopic (exact) mass is 228 g/mol. The van der Waals surface area contributed by atoms with Crippen molar-refractivity contribution in [2.24, 2.45) is 0 Å². The van der Waals surface area contributed by atoms with E-state index in [0.29, 0.717) is 24.1 Å². The van der Waals surface area contributed by atoms with Crippen LogP contribution in [0.1, 0.15) is 18.4 Å². The van der Waals surface area contributed by atoms with Crippen molar-refractivity contribution in [1.29, 1.82) is 0 Å². The summed E-state index contributed by atoms with van der Waals surface area (Å²) < 4.78 is 0. The van der Waals surface area contributed by atoms with Gasteiger partial charge in [-0.2, -0.15) is 0 Å². The first kappa shape index (κ1) is 11.2. The molecule has 1 aromatic carbocycles. The lowest BCUT2D eigenvalue weighted by molar-refractivity contribution is -0.122. The van der Waals surface area contributed by atoms with Crippen molar-refractivity contribution < 1.29 is 9.59 Å². The van der Waals surface area contributed by atoms with Gasteiger partial charge in [0, 0.05) is 17.7 Å². The number of amides is 2. The number of benzene rings is 1. The summed E-state index contributed by atoms with van der Waals surface area (Å²) >= 11 is 0. The van der Waals surface area contributed by atoms with Crippen molar-refractivity contribution >= 4 is 17.5 Å². The minimum absolute atomic E-state index is 0.0810. The van der Waals surface area contributed by atoms with Gasteiger partial charge in [0.05, 0.1) is 0 Å². The smallest absolute Gasteiger partial charge is 0.246 e. The molecule has 0 radical (unpaired) electrons. The molecule has 1 saturated heterocycles. The lowest BCUT2D eigenvalue weighted by Gasteiger charge is -2.10. The molecule has 0 saturated carbocycles. The Labute approximate surface area is 99.4 Å². The van der Waals surface area contributed by atoms with Gasteiger partial charge in [-0.05, 0) is 24.6 Å². The van der Waals surface area contributed by atoms with Crippen LogP contribution in [0.2, 0.25) is 0 Å². The van der Waals surface area contributed by atoms with Crippen molar-refractivity contribution in [2.45, 2.75) is 18.9 Å². The molecule has 0 spiro atoms. The fourth-order valence-electron chi connectivity index (χ4n) is 1.73. The summed E-state index contributed by atoms with van der Waals surface area (Å²) in [6.45, 7) is 0. The van der Waals surface area contributed by atoms with Gasteiger partial charge in [0.15, 0.2) is 0 Å². The van der Waals surface area contributed by atoms with Gasteiger partial charge in [0.25, 0.3) is 0 Å². The zero-order valence-electron chi connectivity index (χ0n) is 9.19. The highest BCUT2D eigenvalue weighted by Crippen LogP contribution is 2.13. The molecule has 1 aliphatic rings. The minimum Gasteiger partial charge on any atom is -0.344 e. The lowest BCUT2D eigenvalue weighted by atomic mass is 10.2. The van der Waals surface area contributed by atoms with Crippen LogP contribution < -0.4 is 10.6 Å². The Morgan fingerprint density at radius 3 is 3.00 bits per heavy atom. The van der Waals surface area contributed by atoms with Crippen LogP contribution in [0.4, 0.5) is 5.69 Å². The number of nitrogens with one attached hydrogen (secondary N) is 2. The van der Waals surface area contributed by atoms with Gasteiger partial charge in [-0.25, -0.2) is 0 Å². The standard InChI is InChI=1S/C13H12N2O2/c1-2-9-4-3-5-10(8-9)14-13(17)11-6-7-12(16)15-11/h1,3-5,8,11H,6-7H2,(H,14,17)(H,15,16). The Morgan fingerprint density at radius 2 is 2.35 bits per heavy atom. The topological polar surface area (TPSA) is 58.2 Å². The number of carbonyl (C=O) groups excluding carboxylic acids is 2. The molecule has 1 atom stereocenters. The molecule has 1 fully saturated rings. The van der Waals surface area contributed by atoms with E-state index >= 15 is 0 Å². The second kappa shape index (κ2) is 4.71. The molecular formula is C13H12N2O2. The Kier molecular flexibility index (Phi) is 3.10. The third-order valence-electron chi connectivity index (χ3n) is 2.61. The molecule has 4 nitrogen and oxygen atoms in total. The van der Waals surface area contributed by atoms with E-state index in [-0.39, 0.29) is 11.8 Å². The normalized spacial score (nSPS) is 18.3. The predicted octanol–water partition coefficient (Wildman–Crippen LogP) is 0.885. The van der Waals surface area contributed by atoms with Crippen LogP contribution in [0.15, 0.2) is 24.3 Å². The van der Waals surface area contributed by atoms with Gasteiger partial charge in [-0.15, -0.1) is 6.42 Å². The Balaban J connectivity index is 2.03. The van der Waals surface area contributed by atoms with E-state index in [9.17, 15) is 9.59 Å². The van der Waals surface area contributed by atoms with E-state index in [2.05, 4.69) is 16.6 Å². The largest absolute Gasteiger partial charge is 0.344 e. The lowest BCUT2D eigenvalue weighted by Crippen LogP contribution is -2.37. The van der Waals surface area contributed by atoms with Gasteiger partial charge < -0.3 is 10.6 Å². The summed E-state index contributed by atoms with van der Waals surface area (Å²) in [5.74, 6) is 2.21. The highest BCUT2D eigenvalue weighted by molar-refractivity contribution is 5.99. The average molecular weight is 228 g/mol. The van der Waals surface area contributed by atoms with Crippen LogP contribution in [0.5, 0.6) is 0 Å². The van der Waals surface area contributed by atoms with E-state index in [0.717, 1.165) is 0 Å². The van der Waals surface area contributed by atoms with Crippen molar-refractivity contribution in [3.8, 4) is 12.3 Å². The average Bonchev–Trinajstić information content (AvgIpc) is 2.76. The van der Waals surface area contributed by atoms with Gasteiger partial charge in [0.1, 0.15) is 6.04 Å². The molecular weight excluding hydrogens is 216 g/mol. The number of hydrogen-bond acceptors (Lipinski definition) is 2. The van der Waals surface area contributed by atoms with Crippen molar-refractivity contribution in [3.05, 3.63) is 29.8 Å². The molecule has 2 rings (SSSR count). The summed E-state index contributed by atoms with van der Waals surface area (Å²) in [5.41, 5.74) is 1.35. The zero-order chi connectivity index (χ0) is 12.3. The van der Waals surface area contributed by atoms with Crippen molar-refractivity contribution in [1.82, 2.24) is 5.32 Å². The summed E-state index contributed by atoms with van der Waals surface area (Å²) in [6.07, 6.45) is 6.22. The van der Waals surface area contributed by atoms with Gasteiger partial charge >= 0.3 is 0 Å². The zero-order valence-corrected chi connectivity index (χ0v) is 9.19. The molecule has 86 valence electrons. The predicted molar refractivity (Wildman–Crippen MR) is 64.2 cm³/mol. The van der Waals surface area contributed by atoms with E-state index < -0.39 is 6.04 Å². The van der Waals surface area contributed by atoms with E-state index in [1.807, 2.05) is 0 Å². The van der Waals surface area contributed by atoms with Gasteiger partial charge in [-0.3, -0.25) is 9.59 Å². The second-order valence-electron chi connectivity index (χ2n) is 3.87. The number of hydrogen-bond donors (Lipinski definition) is 2. The van der Waals surface area contributed by atoms with E-state index in [4.69, 9.17) is 6.42 Å². The van der Waals surface area contributed by atoms with Crippen LogP contribution in [-0.2, 0) is 9.59 Å². The first-order valence-corrected chi connectivity index (χ1v) is 5.36. The molecule has 2 amide bonds. The number of carbonyl (C=O) groups is 2. The van der Waals surface area contributed by atoms with Crippen LogP contribution in [-0.4, -0.2) is 17.9 Å². The molecule has 1 aliphatic heterocycles. The maximum atomic E-state index is 11.8. The SMILES string of the molecule is C#Cc1cccc(NC(=O)C2CCC(=O)N2)c1. The Morgan fingerprint density at radius 1 is 1.53 bits per heavy atom. The van der Waals surface area contributed by atoms with Crippen LogP contribution in [0, 0.1) is 12.3 Å². The second-order valence-corrected chi connectivity index (χ2v) is 3.87. The first-order valence-electron chi connectivity index (χ1n) is 5.36. The Hall–Kier alpha value is -2.28. The third kappa shape index (κ3) is 2.64. The van der Waals surface area contributed by atoms with Crippen molar-refractivity contribution in [3.63, 3.8) is 0 Å². The molecule has 4 heteroatoms. The molecule has 1 heterocycles. The summed E-state index contributed by atoms with van der Waals surface area (Å²) in [6, 6.07) is 6.60. The number of terminal acetylenes is 1. The first-order chi connectivity index (χ1) is 8.19. The Bertz CT molecular complexity index is 502. The maximum absolute atomic E-state index is 11.8. The molecule has 1 aromatic rings. The molecule has 0 aromatic heterocycles. The molecule has 0 aliphatic carbocycles. The number of rotatable bonds is 2. The molecule has 0 bridgehead atoms. The van der Waals surface area contributed by atoms with Gasteiger partial charge in [-0.1, -0.05) is 12.0 Å². The highest BCUT2D eigenvalue weighted by atomic mass is 16.2.